The second-order valence-electron chi connectivity index (χ2n) is 6.13. The molecule has 130 valence electrons. The molecule has 0 unspecified atom stereocenters. The summed E-state index contributed by atoms with van der Waals surface area (Å²) < 4.78 is 9.77. The molecule has 0 spiro atoms. The van der Waals surface area contributed by atoms with Crippen molar-refractivity contribution < 1.29 is 19.1 Å². The van der Waals surface area contributed by atoms with Gasteiger partial charge in [0.25, 0.3) is 0 Å². The fourth-order valence-electron chi connectivity index (χ4n) is 3.42. The van der Waals surface area contributed by atoms with Crippen LogP contribution < -0.4 is 0 Å². The first-order valence-corrected chi connectivity index (χ1v) is 8.22. The highest BCUT2D eigenvalue weighted by molar-refractivity contribution is 6.33. The van der Waals surface area contributed by atoms with Crippen molar-refractivity contribution >= 4 is 23.5 Å². The zero-order valence-corrected chi connectivity index (χ0v) is 15.0. The van der Waals surface area contributed by atoms with Crippen molar-refractivity contribution in [2.45, 2.75) is 19.8 Å². The van der Waals surface area contributed by atoms with Gasteiger partial charge in [-0.15, -0.1) is 0 Å². The van der Waals surface area contributed by atoms with Crippen LogP contribution in [0.1, 0.15) is 16.8 Å². The van der Waals surface area contributed by atoms with Crippen molar-refractivity contribution in [2.24, 2.45) is 5.41 Å². The Morgan fingerprint density at radius 2 is 1.76 bits per heavy atom. The van der Waals surface area contributed by atoms with Crippen LogP contribution >= 0.6 is 11.6 Å². The fourth-order valence-corrected chi connectivity index (χ4v) is 3.66. The molecule has 1 aromatic carbocycles. The van der Waals surface area contributed by atoms with E-state index >= 15 is 0 Å². The molecule has 1 aliphatic rings. The molecule has 1 aromatic heterocycles. The third kappa shape index (κ3) is 2.78. The molecule has 0 atom stereocenters. The van der Waals surface area contributed by atoms with Crippen LogP contribution in [0.2, 0.25) is 5.02 Å². The second kappa shape index (κ2) is 6.48. The molecule has 25 heavy (non-hydrogen) atoms. The summed E-state index contributed by atoms with van der Waals surface area (Å²) in [5.41, 5.74) is 2.71. The average molecular weight is 360 g/mol. The number of fused-ring (bicyclic) bond motifs is 1. The predicted molar refractivity (Wildman–Crippen MR) is 93.3 cm³/mol. The van der Waals surface area contributed by atoms with E-state index in [0.29, 0.717) is 10.7 Å². The van der Waals surface area contributed by atoms with Gasteiger partial charge in [-0.25, -0.2) is 0 Å². The molecule has 0 radical (unpaired) electrons. The summed E-state index contributed by atoms with van der Waals surface area (Å²) in [5.74, 6) is -1.18. The van der Waals surface area contributed by atoms with Crippen molar-refractivity contribution in [3.05, 3.63) is 52.2 Å². The van der Waals surface area contributed by atoms with Crippen LogP contribution in [-0.4, -0.2) is 31.1 Å². The number of carbonyl (C=O) groups excluding carboxylic acids is 2. The van der Waals surface area contributed by atoms with Crippen LogP contribution in [-0.2, 0) is 31.9 Å². The summed E-state index contributed by atoms with van der Waals surface area (Å²) in [6.07, 6.45) is 0.450. The maximum atomic E-state index is 12.4. The summed E-state index contributed by atoms with van der Waals surface area (Å²) in [7, 11) is 2.55. The second-order valence-corrected chi connectivity index (χ2v) is 6.54. The lowest BCUT2D eigenvalue weighted by atomic mass is 9.84. The molecule has 0 N–H and O–H groups in total. The summed E-state index contributed by atoms with van der Waals surface area (Å²) in [6.45, 7) is 1.86. The number of aryl methyl sites for hydroxylation is 1. The number of ether oxygens (including phenoxy) is 2. The topological polar surface area (TPSA) is 65.5 Å². The van der Waals surface area contributed by atoms with Crippen LogP contribution in [0.4, 0.5) is 0 Å². The minimum absolute atomic E-state index is 0.225. The quantitative estimate of drug-likeness (QED) is 0.622. The van der Waals surface area contributed by atoms with Gasteiger partial charge in [-0.3, -0.25) is 14.6 Å². The first-order chi connectivity index (χ1) is 11.9. The zero-order valence-electron chi connectivity index (χ0n) is 14.3. The molecule has 0 bridgehead atoms. The minimum Gasteiger partial charge on any atom is -0.468 e. The zero-order chi connectivity index (χ0) is 18.2. The van der Waals surface area contributed by atoms with E-state index in [-0.39, 0.29) is 12.8 Å². The molecule has 0 saturated carbocycles. The van der Waals surface area contributed by atoms with E-state index in [0.717, 1.165) is 22.4 Å². The summed E-state index contributed by atoms with van der Waals surface area (Å²) in [4.78, 5) is 29.3. The molecule has 0 saturated heterocycles. The normalized spacial score (nSPS) is 14.7. The summed E-state index contributed by atoms with van der Waals surface area (Å²) in [6, 6.07) is 9.31. The number of pyridine rings is 1. The number of methoxy groups -OCH3 is 2. The number of hydrogen-bond acceptors (Lipinski definition) is 5. The molecule has 2 aromatic rings. The van der Waals surface area contributed by atoms with Crippen molar-refractivity contribution in [3.8, 4) is 11.3 Å². The van der Waals surface area contributed by atoms with Gasteiger partial charge in [0.05, 0.1) is 19.9 Å². The lowest BCUT2D eigenvalue weighted by molar-refractivity contribution is -0.168. The van der Waals surface area contributed by atoms with E-state index in [1.807, 2.05) is 31.2 Å². The highest BCUT2D eigenvalue weighted by Crippen LogP contribution is 2.42. The lowest BCUT2D eigenvalue weighted by Gasteiger charge is -2.22. The molecule has 3 rings (SSSR count). The Labute approximate surface area is 150 Å². The summed E-state index contributed by atoms with van der Waals surface area (Å²) >= 11 is 6.28. The third-order valence-corrected chi connectivity index (χ3v) is 5.03. The maximum Gasteiger partial charge on any atom is 0.323 e. The van der Waals surface area contributed by atoms with E-state index in [4.69, 9.17) is 21.1 Å². The molecular formula is C19H18ClNO4. The Balaban J connectivity index is 2.10. The van der Waals surface area contributed by atoms with Gasteiger partial charge in [-0.05, 0) is 36.6 Å². The van der Waals surface area contributed by atoms with Crippen molar-refractivity contribution in [1.29, 1.82) is 0 Å². The average Bonchev–Trinajstić information content (AvgIpc) is 3.02. The highest BCUT2D eigenvalue weighted by atomic mass is 35.5. The van der Waals surface area contributed by atoms with Crippen molar-refractivity contribution in [3.63, 3.8) is 0 Å². The number of rotatable bonds is 3. The Hall–Kier alpha value is -2.40. The lowest BCUT2D eigenvalue weighted by Crippen LogP contribution is -2.42. The SMILES string of the molecule is COC(=O)C1(C(=O)OC)Cc2cc(-c3ccccc3Cl)nc(C)c2C1. The molecular weight excluding hydrogens is 342 g/mol. The first kappa shape index (κ1) is 17.4. The fraction of sp³-hybridized carbons (Fsp3) is 0.316. The maximum absolute atomic E-state index is 12.4. The van der Waals surface area contributed by atoms with Crippen molar-refractivity contribution in [1.82, 2.24) is 4.98 Å². The molecule has 5 nitrogen and oxygen atoms in total. The highest BCUT2D eigenvalue weighted by Gasteiger charge is 2.53. The van der Waals surface area contributed by atoms with Crippen LogP contribution in [0, 0.1) is 12.3 Å². The van der Waals surface area contributed by atoms with E-state index in [1.165, 1.54) is 14.2 Å². The molecule has 6 heteroatoms. The Morgan fingerprint density at radius 1 is 1.12 bits per heavy atom. The molecule has 0 aliphatic heterocycles. The minimum atomic E-state index is -1.35. The van der Waals surface area contributed by atoms with Gasteiger partial charge >= 0.3 is 11.9 Å². The number of aromatic nitrogens is 1. The van der Waals surface area contributed by atoms with Crippen LogP contribution in [0.3, 0.4) is 0 Å². The van der Waals surface area contributed by atoms with E-state index in [1.54, 1.807) is 6.07 Å². The molecule has 1 heterocycles. The number of esters is 2. The van der Waals surface area contributed by atoms with Gasteiger partial charge in [-0.1, -0.05) is 29.8 Å². The molecule has 1 aliphatic carbocycles. The molecule has 0 amide bonds. The number of benzene rings is 1. The van der Waals surface area contributed by atoms with Gasteiger partial charge in [-0.2, -0.15) is 0 Å². The smallest absolute Gasteiger partial charge is 0.323 e. The largest absolute Gasteiger partial charge is 0.468 e. The number of nitrogens with zero attached hydrogens (tertiary/aromatic N) is 1. The third-order valence-electron chi connectivity index (χ3n) is 4.70. The Bertz CT molecular complexity index is 846. The van der Waals surface area contributed by atoms with E-state index in [2.05, 4.69) is 4.98 Å². The van der Waals surface area contributed by atoms with Crippen LogP contribution in [0.5, 0.6) is 0 Å². The van der Waals surface area contributed by atoms with Gasteiger partial charge in [0, 0.05) is 22.7 Å². The molecule has 0 fully saturated rings. The number of halogens is 1. The van der Waals surface area contributed by atoms with Gasteiger partial charge in [0.1, 0.15) is 0 Å². The Morgan fingerprint density at radius 3 is 2.36 bits per heavy atom. The van der Waals surface area contributed by atoms with Gasteiger partial charge in [0.2, 0.25) is 0 Å². The Kier molecular flexibility index (Phi) is 4.52. The van der Waals surface area contributed by atoms with E-state index < -0.39 is 17.4 Å². The van der Waals surface area contributed by atoms with Gasteiger partial charge < -0.3 is 9.47 Å². The van der Waals surface area contributed by atoms with E-state index in [9.17, 15) is 9.59 Å². The van der Waals surface area contributed by atoms with Crippen LogP contribution in [0.15, 0.2) is 30.3 Å². The number of hydrogen-bond donors (Lipinski definition) is 0. The van der Waals surface area contributed by atoms with Gasteiger partial charge in [0.15, 0.2) is 5.41 Å². The standard InChI is InChI=1S/C19H18ClNO4/c1-11-14-10-19(17(22)24-2,18(23)25-3)9-12(14)8-16(21-11)13-6-4-5-7-15(13)20/h4-8H,9-10H2,1-3H3. The first-order valence-electron chi connectivity index (χ1n) is 7.84. The van der Waals surface area contributed by atoms with Crippen LogP contribution in [0.25, 0.3) is 11.3 Å². The summed E-state index contributed by atoms with van der Waals surface area (Å²) in [5, 5.41) is 0.597. The monoisotopic (exact) mass is 359 g/mol. The van der Waals surface area contributed by atoms with Crippen molar-refractivity contribution in [2.75, 3.05) is 14.2 Å². The number of carbonyl (C=O) groups is 2. The predicted octanol–water partition coefficient (Wildman–Crippen LogP) is 3.14.